The molecule has 0 spiro atoms. The average molecular weight is 462 g/mol. The van der Waals surface area contributed by atoms with E-state index < -0.39 is 0 Å². The van der Waals surface area contributed by atoms with Crippen molar-refractivity contribution in [3.63, 3.8) is 0 Å². The molecule has 1 aliphatic carbocycles. The first-order valence-corrected chi connectivity index (χ1v) is 10.8. The second kappa shape index (κ2) is 10.2. The topological polar surface area (TPSA) is 120 Å². The van der Waals surface area contributed by atoms with Gasteiger partial charge in [0, 0.05) is 24.4 Å². The number of carbonyl (C=O) groups is 1. The van der Waals surface area contributed by atoms with E-state index in [-0.39, 0.29) is 18.5 Å². The molecular weight excluding hydrogens is 434 g/mol. The van der Waals surface area contributed by atoms with Gasteiger partial charge in [-0.3, -0.25) is 4.79 Å². The van der Waals surface area contributed by atoms with Gasteiger partial charge in [-0.1, -0.05) is 24.3 Å². The van der Waals surface area contributed by atoms with E-state index in [4.69, 9.17) is 19.3 Å². The van der Waals surface area contributed by atoms with E-state index in [9.17, 15) is 4.79 Å². The summed E-state index contributed by atoms with van der Waals surface area (Å²) in [6, 6.07) is 5.85. The maximum absolute atomic E-state index is 12.0. The number of aromatic nitrogens is 2. The molecule has 4 rings (SSSR count). The van der Waals surface area contributed by atoms with Gasteiger partial charge >= 0.3 is 0 Å². The lowest BCUT2D eigenvalue weighted by Gasteiger charge is -2.27. The van der Waals surface area contributed by atoms with Gasteiger partial charge in [-0.05, 0) is 31.1 Å². The predicted molar refractivity (Wildman–Crippen MR) is 129 cm³/mol. The van der Waals surface area contributed by atoms with Crippen molar-refractivity contribution in [1.82, 2.24) is 14.9 Å². The highest BCUT2D eigenvalue weighted by molar-refractivity contribution is 5.78. The van der Waals surface area contributed by atoms with Gasteiger partial charge in [0.15, 0.2) is 17.9 Å². The normalized spacial score (nSPS) is 14.1. The summed E-state index contributed by atoms with van der Waals surface area (Å²) < 4.78 is 16.9. The van der Waals surface area contributed by atoms with Crippen LogP contribution in [0.5, 0.6) is 5.75 Å². The van der Waals surface area contributed by atoms with Crippen LogP contribution >= 0.6 is 0 Å². The minimum atomic E-state index is -0.108. The maximum atomic E-state index is 12.0. The van der Waals surface area contributed by atoms with Crippen LogP contribution in [0.2, 0.25) is 0 Å². The number of oxazole rings is 2. The van der Waals surface area contributed by atoms with E-state index >= 15 is 0 Å². The monoisotopic (exact) mass is 461 g/mol. The molecule has 3 aromatic rings. The van der Waals surface area contributed by atoms with Crippen molar-refractivity contribution in [3.05, 3.63) is 72.6 Å². The molecule has 1 atom stereocenters. The van der Waals surface area contributed by atoms with E-state index in [0.717, 1.165) is 22.4 Å². The second-order valence-electron chi connectivity index (χ2n) is 7.82. The number of benzene rings is 1. The number of likely N-dealkylation sites (N-methyl/N-ethyl adjacent to an activating group) is 1. The van der Waals surface area contributed by atoms with Crippen molar-refractivity contribution in [1.29, 1.82) is 0 Å². The third-order valence-corrected chi connectivity index (χ3v) is 5.77. The number of rotatable bonds is 8. The Hall–Kier alpha value is -4.11. The third kappa shape index (κ3) is 4.94. The van der Waals surface area contributed by atoms with Crippen LogP contribution in [0.3, 0.4) is 0 Å². The summed E-state index contributed by atoms with van der Waals surface area (Å²) in [6.45, 7) is 1.97. The van der Waals surface area contributed by atoms with Gasteiger partial charge in [0.2, 0.25) is 5.91 Å². The maximum Gasteiger partial charge on any atom is 0.299 e. The van der Waals surface area contributed by atoms with Crippen LogP contribution in [0.15, 0.2) is 75.7 Å². The quantitative estimate of drug-likeness (QED) is 0.513. The molecule has 9 nitrogen and oxygen atoms in total. The molecule has 2 aromatic heterocycles. The first-order valence-electron chi connectivity index (χ1n) is 10.8. The lowest BCUT2D eigenvalue weighted by Crippen LogP contribution is -2.40. The number of hydrogen-bond donors (Lipinski definition) is 2. The number of anilines is 2. The summed E-state index contributed by atoms with van der Waals surface area (Å²) in [5, 5.41) is 3.17. The van der Waals surface area contributed by atoms with Crippen molar-refractivity contribution in [2.24, 2.45) is 5.73 Å². The first kappa shape index (κ1) is 23.1. The fourth-order valence-corrected chi connectivity index (χ4v) is 3.68. The van der Waals surface area contributed by atoms with Gasteiger partial charge < -0.3 is 29.5 Å². The number of nitrogens with two attached hydrogens (primary N) is 1. The van der Waals surface area contributed by atoms with Gasteiger partial charge in [0.05, 0.1) is 37.7 Å². The lowest BCUT2D eigenvalue weighted by atomic mass is 9.98. The zero-order valence-electron chi connectivity index (χ0n) is 19.3. The molecule has 1 aliphatic rings. The Bertz CT molecular complexity index is 1240. The Morgan fingerprint density at radius 1 is 1.26 bits per heavy atom. The van der Waals surface area contributed by atoms with E-state index in [0.29, 0.717) is 29.7 Å². The Morgan fingerprint density at radius 3 is 2.82 bits per heavy atom. The highest BCUT2D eigenvalue weighted by Gasteiger charge is 2.21. The minimum Gasteiger partial charge on any atom is -0.496 e. The molecule has 0 bridgehead atoms. The van der Waals surface area contributed by atoms with Gasteiger partial charge in [-0.2, -0.15) is 0 Å². The third-order valence-electron chi connectivity index (χ3n) is 5.77. The highest BCUT2D eigenvalue weighted by atomic mass is 16.5. The molecule has 1 amide bonds. The molecule has 34 heavy (non-hydrogen) atoms. The highest BCUT2D eigenvalue weighted by Crippen LogP contribution is 2.34. The van der Waals surface area contributed by atoms with E-state index in [1.54, 1.807) is 31.5 Å². The molecule has 1 aromatic carbocycles. The first-order chi connectivity index (χ1) is 16.5. The summed E-state index contributed by atoms with van der Waals surface area (Å²) in [5.41, 5.74) is 9.10. The van der Waals surface area contributed by atoms with Gasteiger partial charge in [-0.15, -0.1) is 0 Å². The SMILES string of the molecule is COc1cc(Nc2ncc(C3=CC=CC=C(C(C)N(C)C(=O)CN)C3)o2)ccc1-c1cnco1. The number of amides is 1. The molecule has 0 saturated heterocycles. The summed E-state index contributed by atoms with van der Waals surface area (Å²) in [5.74, 6) is 1.78. The molecule has 0 fully saturated rings. The molecule has 1 unspecified atom stereocenters. The van der Waals surface area contributed by atoms with Crippen LogP contribution in [-0.4, -0.2) is 47.5 Å². The van der Waals surface area contributed by atoms with Crippen molar-refractivity contribution in [2.45, 2.75) is 19.4 Å². The van der Waals surface area contributed by atoms with Crippen molar-refractivity contribution < 1.29 is 18.4 Å². The van der Waals surface area contributed by atoms with Crippen LogP contribution < -0.4 is 15.8 Å². The van der Waals surface area contributed by atoms with Crippen LogP contribution in [-0.2, 0) is 4.79 Å². The molecule has 0 radical (unpaired) electrons. The molecule has 176 valence electrons. The lowest BCUT2D eigenvalue weighted by molar-refractivity contribution is -0.129. The molecule has 9 heteroatoms. The van der Waals surface area contributed by atoms with Crippen molar-refractivity contribution in [3.8, 4) is 17.1 Å². The molecular formula is C25H27N5O4. The zero-order chi connectivity index (χ0) is 24.1. The Labute approximate surface area is 197 Å². The van der Waals surface area contributed by atoms with Crippen LogP contribution in [0, 0.1) is 0 Å². The fraction of sp³-hybridized carbons (Fsp3) is 0.240. The largest absolute Gasteiger partial charge is 0.496 e. The van der Waals surface area contributed by atoms with E-state index in [2.05, 4.69) is 15.3 Å². The Balaban J connectivity index is 1.49. The van der Waals surface area contributed by atoms with Crippen LogP contribution in [0.25, 0.3) is 16.9 Å². The minimum absolute atomic E-state index is 0.0199. The number of carbonyl (C=O) groups excluding carboxylic acids is 1. The Morgan fingerprint density at radius 2 is 2.09 bits per heavy atom. The smallest absolute Gasteiger partial charge is 0.299 e. The number of nitrogens with zero attached hydrogens (tertiary/aromatic N) is 3. The summed E-state index contributed by atoms with van der Waals surface area (Å²) in [7, 11) is 3.36. The average Bonchev–Trinajstić information content (AvgIpc) is 3.50. The van der Waals surface area contributed by atoms with E-state index in [1.165, 1.54) is 6.39 Å². The number of ether oxygens (including phenoxy) is 1. The van der Waals surface area contributed by atoms with Gasteiger partial charge in [-0.25, -0.2) is 9.97 Å². The van der Waals surface area contributed by atoms with E-state index in [1.807, 2.05) is 49.4 Å². The van der Waals surface area contributed by atoms with Gasteiger partial charge in [0.1, 0.15) is 5.75 Å². The number of methoxy groups -OCH3 is 1. The van der Waals surface area contributed by atoms with Crippen LogP contribution in [0.1, 0.15) is 19.1 Å². The number of hydrogen-bond acceptors (Lipinski definition) is 8. The predicted octanol–water partition coefficient (Wildman–Crippen LogP) is 4.16. The van der Waals surface area contributed by atoms with Crippen molar-refractivity contribution in [2.75, 3.05) is 26.0 Å². The summed E-state index contributed by atoms with van der Waals surface area (Å²) in [4.78, 5) is 22.0. The standard InChI is InChI=1S/C25H27N5O4/c1-16(30(2)24(31)12-26)17-6-4-5-7-18(10-17)22-14-28-25(34-22)29-19-8-9-20(21(11-19)32-3)23-13-27-15-33-23/h4-9,11,13-16H,10,12,26H2,1-3H3,(H,28,29). The second-order valence-corrected chi connectivity index (χ2v) is 7.82. The number of allylic oxidation sites excluding steroid dienone is 5. The molecule has 3 N–H and O–H groups in total. The van der Waals surface area contributed by atoms with Gasteiger partial charge in [0.25, 0.3) is 6.01 Å². The summed E-state index contributed by atoms with van der Waals surface area (Å²) >= 11 is 0. The molecule has 0 saturated carbocycles. The fourth-order valence-electron chi connectivity index (χ4n) is 3.68. The van der Waals surface area contributed by atoms with Crippen molar-refractivity contribution >= 4 is 23.2 Å². The molecule has 2 heterocycles. The van der Waals surface area contributed by atoms with Crippen LogP contribution in [0.4, 0.5) is 11.7 Å². The zero-order valence-corrected chi connectivity index (χ0v) is 19.3. The number of nitrogens with one attached hydrogen (secondary N) is 1. The Kier molecular flexibility index (Phi) is 6.93. The molecule has 0 aliphatic heterocycles. The summed E-state index contributed by atoms with van der Waals surface area (Å²) in [6.07, 6.45) is 13.2.